The molecule has 0 saturated carbocycles. The van der Waals surface area contributed by atoms with Crippen molar-refractivity contribution in [3.63, 3.8) is 0 Å². The highest BCUT2D eigenvalue weighted by Gasteiger charge is 2.09. The van der Waals surface area contributed by atoms with Crippen LogP contribution in [0, 0.1) is 0 Å². The monoisotopic (exact) mass is 313 g/mol. The van der Waals surface area contributed by atoms with Gasteiger partial charge in [0.2, 0.25) is 0 Å². The van der Waals surface area contributed by atoms with Crippen LogP contribution >= 0.6 is 0 Å². The molecule has 0 saturated heterocycles. The summed E-state index contributed by atoms with van der Waals surface area (Å²) in [6.45, 7) is 2.64. The summed E-state index contributed by atoms with van der Waals surface area (Å²) in [6.07, 6.45) is 2.54. The summed E-state index contributed by atoms with van der Waals surface area (Å²) in [5.74, 6) is 1.48. The largest absolute Gasteiger partial charge is 0.496 e. The Hall–Kier alpha value is -1.60. The predicted molar refractivity (Wildman–Crippen MR) is 85.4 cm³/mol. The normalized spacial score (nSPS) is 14.7. The molecule has 7 heteroatoms. The number of oxime groups is 1. The van der Waals surface area contributed by atoms with Crippen molar-refractivity contribution in [1.29, 1.82) is 0 Å². The van der Waals surface area contributed by atoms with Gasteiger partial charge in [0.15, 0.2) is 5.84 Å². The Morgan fingerprint density at radius 3 is 2.86 bits per heavy atom. The maximum atomic E-state index is 11.1. The van der Waals surface area contributed by atoms with E-state index in [1.807, 2.05) is 13.0 Å². The number of ether oxygens (including phenoxy) is 1. The highest BCUT2D eigenvalue weighted by Crippen LogP contribution is 2.20. The van der Waals surface area contributed by atoms with Crippen molar-refractivity contribution in [2.24, 2.45) is 10.9 Å². The van der Waals surface area contributed by atoms with Crippen molar-refractivity contribution in [2.75, 3.05) is 19.1 Å². The van der Waals surface area contributed by atoms with Gasteiger partial charge in [-0.3, -0.25) is 4.21 Å². The molecule has 0 amide bonds. The van der Waals surface area contributed by atoms with Gasteiger partial charge in [-0.25, -0.2) is 0 Å². The fraction of sp³-hybridized carbons (Fsp3) is 0.500. The fourth-order valence-corrected chi connectivity index (χ4v) is 2.55. The Morgan fingerprint density at radius 2 is 2.29 bits per heavy atom. The molecule has 0 fully saturated rings. The minimum absolute atomic E-state index is 0.0633. The van der Waals surface area contributed by atoms with E-state index < -0.39 is 10.8 Å². The molecule has 0 radical (unpaired) electrons. The van der Waals surface area contributed by atoms with E-state index in [0.29, 0.717) is 17.9 Å². The Morgan fingerprint density at radius 1 is 1.57 bits per heavy atom. The van der Waals surface area contributed by atoms with Crippen LogP contribution in [0.15, 0.2) is 23.4 Å². The zero-order valence-corrected chi connectivity index (χ0v) is 13.4. The molecule has 21 heavy (non-hydrogen) atoms. The second-order valence-corrected chi connectivity index (χ2v) is 6.41. The molecule has 4 N–H and O–H groups in total. The quantitative estimate of drug-likeness (QED) is 0.288. The number of nitrogens with two attached hydrogens (primary N) is 1. The molecule has 118 valence electrons. The van der Waals surface area contributed by atoms with Crippen molar-refractivity contribution in [2.45, 2.75) is 25.9 Å². The molecule has 0 aliphatic heterocycles. The lowest BCUT2D eigenvalue weighted by Crippen LogP contribution is -2.27. The zero-order chi connectivity index (χ0) is 15.8. The molecule has 0 bridgehead atoms. The van der Waals surface area contributed by atoms with Crippen molar-refractivity contribution in [1.82, 2.24) is 5.32 Å². The SMILES string of the molecule is COc1ccc(/C(N)=N/O)cc1CNC(C)CCS(C)=O. The van der Waals surface area contributed by atoms with Crippen LogP contribution in [0.25, 0.3) is 0 Å². The molecule has 2 unspecified atom stereocenters. The first-order valence-electron chi connectivity index (χ1n) is 6.66. The molecule has 0 aliphatic rings. The van der Waals surface area contributed by atoms with Gasteiger partial charge in [0.1, 0.15) is 5.75 Å². The van der Waals surface area contributed by atoms with Gasteiger partial charge in [-0.2, -0.15) is 0 Å². The van der Waals surface area contributed by atoms with E-state index in [1.54, 1.807) is 25.5 Å². The third-order valence-electron chi connectivity index (χ3n) is 3.16. The molecule has 1 aromatic rings. The van der Waals surface area contributed by atoms with E-state index in [2.05, 4.69) is 10.5 Å². The maximum absolute atomic E-state index is 11.1. The van der Waals surface area contributed by atoms with Crippen LogP contribution in [0.2, 0.25) is 0 Å². The highest BCUT2D eigenvalue weighted by atomic mass is 32.2. The summed E-state index contributed by atoms with van der Waals surface area (Å²) in [5, 5.41) is 15.1. The number of benzene rings is 1. The van der Waals surface area contributed by atoms with Crippen LogP contribution in [0.1, 0.15) is 24.5 Å². The van der Waals surface area contributed by atoms with Crippen LogP contribution in [-0.2, 0) is 17.3 Å². The van der Waals surface area contributed by atoms with Crippen LogP contribution in [0.3, 0.4) is 0 Å². The van der Waals surface area contributed by atoms with Crippen LogP contribution in [-0.4, -0.2) is 40.4 Å². The third-order valence-corrected chi connectivity index (χ3v) is 3.97. The van der Waals surface area contributed by atoms with Gasteiger partial charge in [0.25, 0.3) is 0 Å². The molecular weight excluding hydrogens is 290 g/mol. The van der Waals surface area contributed by atoms with Crippen LogP contribution in [0.4, 0.5) is 0 Å². The average Bonchev–Trinajstić information content (AvgIpc) is 2.49. The van der Waals surface area contributed by atoms with Gasteiger partial charge >= 0.3 is 0 Å². The van der Waals surface area contributed by atoms with Gasteiger partial charge in [-0.1, -0.05) is 5.16 Å². The summed E-state index contributed by atoms with van der Waals surface area (Å²) < 4.78 is 16.4. The number of methoxy groups -OCH3 is 1. The minimum Gasteiger partial charge on any atom is -0.496 e. The molecule has 1 aromatic carbocycles. The standard InChI is InChI=1S/C14H23N3O3S/c1-10(6-7-21(3)19)16-9-12-8-11(14(15)17-18)4-5-13(12)20-2/h4-5,8,10,16,18H,6-7,9H2,1-3H3,(H2,15,17). The summed E-state index contributed by atoms with van der Waals surface area (Å²) in [5.41, 5.74) is 7.16. The van der Waals surface area contributed by atoms with Gasteiger partial charge in [0, 0.05) is 46.5 Å². The molecular formula is C14H23N3O3S. The van der Waals surface area contributed by atoms with Gasteiger partial charge in [-0.15, -0.1) is 0 Å². The first kappa shape index (κ1) is 17.5. The lowest BCUT2D eigenvalue weighted by Gasteiger charge is -2.15. The van der Waals surface area contributed by atoms with E-state index in [1.165, 1.54) is 0 Å². The molecule has 6 nitrogen and oxygen atoms in total. The number of hydrogen-bond acceptors (Lipinski definition) is 5. The number of rotatable bonds is 8. The van der Waals surface area contributed by atoms with E-state index in [0.717, 1.165) is 17.7 Å². The summed E-state index contributed by atoms with van der Waals surface area (Å²) in [6, 6.07) is 5.59. The molecule has 0 spiro atoms. The number of nitrogens with zero attached hydrogens (tertiary/aromatic N) is 1. The Labute approximate surface area is 127 Å². The minimum atomic E-state index is -0.776. The second kappa shape index (κ2) is 8.63. The van der Waals surface area contributed by atoms with Crippen LogP contribution in [0.5, 0.6) is 5.75 Å². The molecule has 0 aliphatic carbocycles. The maximum Gasteiger partial charge on any atom is 0.170 e. The molecule has 0 aromatic heterocycles. The average molecular weight is 313 g/mol. The summed E-state index contributed by atoms with van der Waals surface area (Å²) in [4.78, 5) is 0. The zero-order valence-electron chi connectivity index (χ0n) is 12.6. The molecule has 1 rings (SSSR count). The topological polar surface area (TPSA) is 96.9 Å². The molecule has 0 heterocycles. The lowest BCUT2D eigenvalue weighted by atomic mass is 10.1. The third kappa shape index (κ3) is 5.73. The van der Waals surface area contributed by atoms with Crippen molar-refractivity contribution in [3.8, 4) is 5.75 Å². The predicted octanol–water partition coefficient (Wildman–Crippen LogP) is 1.04. The van der Waals surface area contributed by atoms with Crippen LogP contribution < -0.4 is 15.8 Å². The van der Waals surface area contributed by atoms with E-state index in [9.17, 15) is 4.21 Å². The Bertz CT molecular complexity index is 520. The second-order valence-electron chi connectivity index (χ2n) is 4.86. The van der Waals surface area contributed by atoms with E-state index >= 15 is 0 Å². The van der Waals surface area contributed by atoms with Gasteiger partial charge in [0.05, 0.1) is 7.11 Å². The summed E-state index contributed by atoms with van der Waals surface area (Å²) in [7, 11) is 0.827. The first-order chi connectivity index (χ1) is 9.97. The smallest absolute Gasteiger partial charge is 0.170 e. The Kier molecular flexibility index (Phi) is 7.18. The highest BCUT2D eigenvalue weighted by molar-refractivity contribution is 7.84. The van der Waals surface area contributed by atoms with Crippen molar-refractivity contribution < 1.29 is 14.2 Å². The van der Waals surface area contributed by atoms with Crippen molar-refractivity contribution >= 4 is 16.6 Å². The van der Waals surface area contributed by atoms with E-state index in [-0.39, 0.29) is 11.9 Å². The van der Waals surface area contributed by atoms with Gasteiger partial charge in [-0.05, 0) is 31.5 Å². The van der Waals surface area contributed by atoms with Crippen molar-refractivity contribution in [3.05, 3.63) is 29.3 Å². The number of nitrogens with one attached hydrogen (secondary N) is 1. The number of hydrogen-bond donors (Lipinski definition) is 3. The Balaban J connectivity index is 2.74. The van der Waals surface area contributed by atoms with Gasteiger partial charge < -0.3 is 21.0 Å². The summed E-state index contributed by atoms with van der Waals surface area (Å²) >= 11 is 0. The van der Waals surface area contributed by atoms with E-state index in [4.69, 9.17) is 15.7 Å². The molecule has 2 atom stereocenters. The lowest BCUT2D eigenvalue weighted by molar-refractivity contribution is 0.318. The number of amidine groups is 1. The fourth-order valence-electron chi connectivity index (χ4n) is 1.86. The first-order valence-corrected chi connectivity index (χ1v) is 8.38.